The molecule has 0 aromatic heterocycles. The van der Waals surface area contributed by atoms with Crippen molar-refractivity contribution in [2.45, 2.75) is 56.0 Å². The summed E-state index contributed by atoms with van der Waals surface area (Å²) in [5, 5.41) is 1.96. The van der Waals surface area contributed by atoms with Gasteiger partial charge in [-0.2, -0.15) is 9.42 Å². The third-order valence-electron chi connectivity index (χ3n) is 11.8. The maximum atomic E-state index is 14.9. The second-order valence-corrected chi connectivity index (χ2v) is 16.8. The van der Waals surface area contributed by atoms with Crippen LogP contribution in [0.4, 0.5) is 5.69 Å². The van der Waals surface area contributed by atoms with Crippen LogP contribution in [0.25, 0.3) is 0 Å². The molecule has 1 aliphatic carbocycles. The Labute approximate surface area is 328 Å². The summed E-state index contributed by atoms with van der Waals surface area (Å²) in [6.07, 6.45) is 9.71. The quantitative estimate of drug-likeness (QED) is 0.188. The second-order valence-electron chi connectivity index (χ2n) is 15.0. The van der Waals surface area contributed by atoms with Crippen LogP contribution in [-0.4, -0.2) is 73.0 Å². The molecule has 0 saturated carbocycles. The van der Waals surface area contributed by atoms with Crippen molar-refractivity contribution < 1.29 is 36.8 Å². The molecule has 3 atom stereocenters. The van der Waals surface area contributed by atoms with Crippen molar-refractivity contribution in [3.63, 3.8) is 0 Å². The predicted octanol–water partition coefficient (Wildman–Crippen LogP) is 7.49. The van der Waals surface area contributed by atoms with Crippen LogP contribution >= 0.6 is 0 Å². The van der Waals surface area contributed by atoms with Gasteiger partial charge in [0.1, 0.15) is 6.10 Å². The van der Waals surface area contributed by atoms with Crippen molar-refractivity contribution in [3.05, 3.63) is 118 Å². The molecule has 4 aromatic rings. The van der Waals surface area contributed by atoms with Crippen LogP contribution in [0.1, 0.15) is 58.3 Å². The number of fused-ring (bicyclic) bond motifs is 1. The number of anilines is 1. The Hall–Kier alpha value is -5.17. The van der Waals surface area contributed by atoms with Crippen LogP contribution < -0.4 is 32.8 Å². The Bertz CT molecular complexity index is 2360. The summed E-state index contributed by atoms with van der Waals surface area (Å²) < 4.78 is 69.0. The summed E-state index contributed by atoms with van der Waals surface area (Å²) >= 11 is 0. The Balaban J connectivity index is 1.29. The monoisotopic (exact) mass is 777 g/mol. The van der Waals surface area contributed by atoms with E-state index in [0.29, 0.717) is 77.3 Å². The third kappa shape index (κ3) is 6.24. The van der Waals surface area contributed by atoms with Crippen LogP contribution in [-0.2, 0) is 35.0 Å². The number of allylic oxidation sites excluding steroid dienone is 1. The average molecular weight is 778 g/mol. The number of benzene rings is 4. The molecular weight excluding hydrogens is 731 g/mol. The van der Waals surface area contributed by atoms with E-state index in [0.717, 1.165) is 36.1 Å². The van der Waals surface area contributed by atoms with Crippen LogP contribution in [0, 0.1) is 0 Å². The zero-order valence-electron chi connectivity index (χ0n) is 32.4. The molecule has 0 fully saturated rings. The summed E-state index contributed by atoms with van der Waals surface area (Å²) in [6, 6.07) is 18.9. The molecule has 4 aromatic carbocycles. The number of hydrogen-bond acceptors (Lipinski definition) is 10. The van der Waals surface area contributed by atoms with Gasteiger partial charge in [-0.3, -0.25) is 4.90 Å². The molecule has 0 amide bonds. The molecule has 5 aliphatic heterocycles. The van der Waals surface area contributed by atoms with Gasteiger partial charge >= 0.3 is 0 Å². The SMILES string of the molecule is COc1cc2c3cc1Oc1c(OC)c(OC)cc4c1[C@@H]1Cc5cc(c(OC)cc5N(S(=O)(=O)Cc5ccccc5)N1CC4)OC1C=CC(=CC1)C[C@H]3N(C)CC2. The van der Waals surface area contributed by atoms with Gasteiger partial charge in [0.2, 0.25) is 5.75 Å². The van der Waals surface area contributed by atoms with Crippen LogP contribution in [0.5, 0.6) is 40.2 Å². The van der Waals surface area contributed by atoms with Crippen molar-refractivity contribution in [1.82, 2.24) is 9.91 Å². The first-order chi connectivity index (χ1) is 27.2. The molecule has 56 heavy (non-hydrogen) atoms. The van der Waals surface area contributed by atoms with Crippen molar-refractivity contribution in [3.8, 4) is 40.2 Å². The smallest absolute Gasteiger partial charge is 0.252 e. The first-order valence-corrected chi connectivity index (χ1v) is 20.8. The highest BCUT2D eigenvalue weighted by atomic mass is 32.2. The Morgan fingerprint density at radius 2 is 1.54 bits per heavy atom. The van der Waals surface area contributed by atoms with Gasteiger partial charge in [-0.05, 0) is 90.9 Å². The molecule has 1 unspecified atom stereocenters. The molecule has 0 radical (unpaired) electrons. The van der Waals surface area contributed by atoms with Crippen LogP contribution in [0.15, 0.2) is 84.5 Å². The van der Waals surface area contributed by atoms with E-state index in [1.54, 1.807) is 28.4 Å². The summed E-state index contributed by atoms with van der Waals surface area (Å²) in [6.45, 7) is 1.35. The maximum absolute atomic E-state index is 14.9. The van der Waals surface area contributed by atoms with Gasteiger partial charge in [-0.1, -0.05) is 48.1 Å². The number of hydrogen-bond donors (Lipinski definition) is 0. The van der Waals surface area contributed by atoms with E-state index in [-0.39, 0.29) is 17.9 Å². The summed E-state index contributed by atoms with van der Waals surface area (Å²) in [4.78, 5) is 2.40. The number of hydrazine groups is 1. The summed E-state index contributed by atoms with van der Waals surface area (Å²) in [7, 11) is 4.65. The minimum absolute atomic E-state index is 0.104. The topological polar surface area (TPSA) is 99.2 Å². The number of likely N-dealkylation sites (N-methyl/N-ethyl adjacent to an activating group) is 1. The molecule has 11 nitrogen and oxygen atoms in total. The van der Waals surface area contributed by atoms with Crippen molar-refractivity contribution >= 4 is 15.7 Å². The second kappa shape index (κ2) is 14.4. The summed E-state index contributed by atoms with van der Waals surface area (Å²) in [5.74, 6) is 3.42. The van der Waals surface area contributed by atoms with E-state index < -0.39 is 16.1 Å². The van der Waals surface area contributed by atoms with Crippen molar-refractivity contribution in [1.29, 1.82) is 0 Å². The zero-order chi connectivity index (χ0) is 38.7. The van der Waals surface area contributed by atoms with Gasteiger partial charge in [0.25, 0.3) is 10.0 Å². The van der Waals surface area contributed by atoms with E-state index in [2.05, 4.69) is 42.3 Å². The number of nitrogens with zero attached hydrogens (tertiary/aromatic N) is 3. The van der Waals surface area contributed by atoms with Gasteiger partial charge in [0.15, 0.2) is 34.5 Å². The molecule has 7 bridgehead atoms. The average Bonchev–Trinajstić information content (AvgIpc) is 3.20. The van der Waals surface area contributed by atoms with E-state index in [1.165, 1.54) is 21.1 Å². The molecule has 12 heteroatoms. The fourth-order valence-corrected chi connectivity index (χ4v) is 10.8. The Morgan fingerprint density at radius 1 is 0.786 bits per heavy atom. The summed E-state index contributed by atoms with van der Waals surface area (Å²) in [5.41, 5.74) is 7.50. The van der Waals surface area contributed by atoms with Gasteiger partial charge in [0.05, 0.1) is 45.9 Å². The van der Waals surface area contributed by atoms with E-state index >= 15 is 0 Å². The number of rotatable bonds is 7. The zero-order valence-corrected chi connectivity index (χ0v) is 33.2. The first-order valence-electron chi connectivity index (χ1n) is 19.1. The van der Waals surface area contributed by atoms with E-state index in [9.17, 15) is 8.42 Å². The lowest BCUT2D eigenvalue weighted by Crippen LogP contribution is -2.54. The fourth-order valence-electron chi connectivity index (χ4n) is 9.07. The molecule has 10 rings (SSSR count). The molecule has 0 spiro atoms. The normalized spacial score (nSPS) is 21.3. The van der Waals surface area contributed by atoms with Crippen molar-refractivity contribution in [2.24, 2.45) is 0 Å². The lowest BCUT2D eigenvalue weighted by atomic mass is 9.86. The number of ether oxygens (including phenoxy) is 6. The first kappa shape index (κ1) is 36.5. The van der Waals surface area contributed by atoms with E-state index in [1.807, 2.05) is 53.5 Å². The molecule has 6 aliphatic rings. The minimum Gasteiger partial charge on any atom is -0.493 e. The minimum atomic E-state index is -3.99. The maximum Gasteiger partial charge on any atom is 0.252 e. The largest absolute Gasteiger partial charge is 0.493 e. The standard InChI is InChI=1S/C44H47N3O8S/c1-45-17-15-29-21-37(50-2)40-24-33(29)35(45)19-27-11-13-32(14-12-27)54-39-23-31-20-36-42-30(22-41(52-4)43(53-5)44(42)55-40)16-18-46(36)47(34(31)25-38(39)51-3)56(48,49)26-28-9-7-6-8-10-28/h6-13,21-25,32,35-36H,14-20,26H2,1-5H3/t32?,35-,36+/m1/s1. The molecular formula is C44H47N3O8S. The van der Waals surface area contributed by atoms with Gasteiger partial charge in [-0.25, -0.2) is 8.42 Å². The highest BCUT2D eigenvalue weighted by Crippen LogP contribution is 2.55. The molecule has 292 valence electrons. The number of methoxy groups -OCH3 is 4. The fraction of sp³-hybridized carbons (Fsp3) is 0.364. The highest BCUT2D eigenvalue weighted by molar-refractivity contribution is 7.91. The predicted molar refractivity (Wildman–Crippen MR) is 214 cm³/mol. The Kier molecular flexibility index (Phi) is 9.38. The van der Waals surface area contributed by atoms with E-state index in [4.69, 9.17) is 28.4 Å². The molecule has 0 saturated heterocycles. The van der Waals surface area contributed by atoms with Crippen molar-refractivity contribution in [2.75, 3.05) is 53.0 Å². The molecule has 5 heterocycles. The van der Waals surface area contributed by atoms with Crippen LogP contribution in [0.2, 0.25) is 0 Å². The molecule has 0 N–H and O–H groups in total. The van der Waals surface area contributed by atoms with Crippen LogP contribution in [0.3, 0.4) is 0 Å². The third-order valence-corrected chi connectivity index (χ3v) is 13.5. The lowest BCUT2D eigenvalue weighted by molar-refractivity contribution is 0.177. The number of sulfonamides is 1. The van der Waals surface area contributed by atoms with Gasteiger partial charge in [0, 0.05) is 37.2 Å². The van der Waals surface area contributed by atoms with Gasteiger partial charge in [-0.15, -0.1) is 0 Å². The lowest BCUT2D eigenvalue weighted by Gasteiger charge is -2.48. The highest BCUT2D eigenvalue weighted by Gasteiger charge is 2.45. The Morgan fingerprint density at radius 3 is 2.27 bits per heavy atom. The van der Waals surface area contributed by atoms with Gasteiger partial charge < -0.3 is 28.4 Å².